The number of aryl methyl sites for hydroxylation is 1. The Morgan fingerprint density at radius 2 is 1.75 bits per heavy atom. The maximum atomic E-state index is 13.1. The second-order valence-electron chi connectivity index (χ2n) is 8.87. The number of H-pyrrole nitrogens is 1. The lowest BCUT2D eigenvalue weighted by Gasteiger charge is -2.09. The highest BCUT2D eigenvalue weighted by atomic mass is 16.2. The van der Waals surface area contributed by atoms with Crippen LogP contribution in [0.15, 0.2) is 33.5 Å². The zero-order valence-electron chi connectivity index (χ0n) is 22.1. The Labute approximate surface area is 210 Å². The molecule has 0 aliphatic heterocycles. The van der Waals surface area contributed by atoms with E-state index < -0.39 is 0 Å². The second kappa shape index (κ2) is 11.8. The van der Waals surface area contributed by atoms with E-state index in [9.17, 15) is 14.4 Å². The summed E-state index contributed by atoms with van der Waals surface area (Å²) < 4.78 is 4.43. The maximum absolute atomic E-state index is 13.1. The molecule has 0 atom stereocenters. The summed E-state index contributed by atoms with van der Waals surface area (Å²) in [5.41, 5.74) is 2.82. The van der Waals surface area contributed by atoms with Crippen molar-refractivity contribution in [3.05, 3.63) is 56.0 Å². The van der Waals surface area contributed by atoms with Crippen LogP contribution in [0.1, 0.15) is 64.6 Å². The zero-order valence-corrected chi connectivity index (χ0v) is 22.1. The first kappa shape index (κ1) is 26.9. The summed E-state index contributed by atoms with van der Waals surface area (Å²) in [6.45, 7) is 12.5. The highest BCUT2D eigenvalue weighted by Crippen LogP contribution is 2.23. The Morgan fingerprint density at radius 1 is 1.06 bits per heavy atom. The number of hydrogen-bond acceptors (Lipinski definition) is 5. The first-order valence-electron chi connectivity index (χ1n) is 12.7. The standard InChI is InChI=1S/C26H37N7O3/c1-7-11-12-13-19(10-4)27-20(34)16-33-18(6)17(5)21(30-33)23-28-22-24(29-23)31(14-8-2)26(36)32(15-9-3)25(22)35/h10,12-13H,7-9,11,14-16H2,1-6H3,(H,27,34)(H,28,29)/b13-12-,19-10+. The number of nitrogens with zero attached hydrogens (tertiary/aromatic N) is 5. The van der Waals surface area contributed by atoms with Gasteiger partial charge in [-0.3, -0.25) is 23.4 Å². The van der Waals surface area contributed by atoms with Gasteiger partial charge in [-0.25, -0.2) is 9.78 Å². The lowest BCUT2D eigenvalue weighted by atomic mass is 10.2. The number of amides is 1. The molecule has 0 bridgehead atoms. The zero-order chi connectivity index (χ0) is 26.4. The van der Waals surface area contributed by atoms with Gasteiger partial charge < -0.3 is 10.3 Å². The summed E-state index contributed by atoms with van der Waals surface area (Å²) in [5.74, 6) is 0.210. The number of imidazole rings is 1. The molecule has 36 heavy (non-hydrogen) atoms. The van der Waals surface area contributed by atoms with Crippen molar-refractivity contribution in [1.29, 1.82) is 0 Å². The van der Waals surface area contributed by atoms with E-state index in [2.05, 4.69) is 27.3 Å². The lowest BCUT2D eigenvalue weighted by molar-refractivity contribution is -0.121. The highest BCUT2D eigenvalue weighted by molar-refractivity contribution is 5.79. The molecule has 10 nitrogen and oxygen atoms in total. The number of nitrogens with one attached hydrogen (secondary N) is 2. The second-order valence-corrected chi connectivity index (χ2v) is 8.87. The van der Waals surface area contributed by atoms with Gasteiger partial charge in [-0.2, -0.15) is 5.10 Å². The molecule has 3 aromatic heterocycles. The van der Waals surface area contributed by atoms with Crippen LogP contribution in [-0.2, 0) is 24.4 Å². The fourth-order valence-corrected chi connectivity index (χ4v) is 4.06. The van der Waals surface area contributed by atoms with E-state index in [1.807, 2.05) is 52.8 Å². The van der Waals surface area contributed by atoms with Crippen LogP contribution in [0.4, 0.5) is 0 Å². The maximum Gasteiger partial charge on any atom is 0.332 e. The Balaban J connectivity index is 1.98. The van der Waals surface area contributed by atoms with Gasteiger partial charge in [0.2, 0.25) is 5.91 Å². The Kier molecular flexibility index (Phi) is 8.84. The molecule has 0 aromatic carbocycles. The molecule has 3 heterocycles. The van der Waals surface area contributed by atoms with Crippen LogP contribution >= 0.6 is 0 Å². The quantitative estimate of drug-likeness (QED) is 0.394. The van der Waals surface area contributed by atoms with Crippen LogP contribution in [0.5, 0.6) is 0 Å². The van der Waals surface area contributed by atoms with E-state index in [0.717, 1.165) is 36.2 Å². The topological polar surface area (TPSA) is 120 Å². The third-order valence-corrected chi connectivity index (χ3v) is 6.13. The summed E-state index contributed by atoms with van der Waals surface area (Å²) in [5, 5.41) is 7.55. The Hall–Kier alpha value is -3.69. The fourth-order valence-electron chi connectivity index (χ4n) is 4.06. The third kappa shape index (κ3) is 5.42. The first-order valence-corrected chi connectivity index (χ1v) is 12.7. The van der Waals surface area contributed by atoms with Crippen molar-refractivity contribution in [2.45, 2.75) is 86.9 Å². The summed E-state index contributed by atoms with van der Waals surface area (Å²) in [7, 11) is 0. The largest absolute Gasteiger partial charge is 0.332 e. The Morgan fingerprint density at radius 3 is 2.39 bits per heavy atom. The van der Waals surface area contributed by atoms with E-state index in [4.69, 9.17) is 0 Å². The molecule has 194 valence electrons. The average Bonchev–Trinajstić information content (AvgIpc) is 3.41. The van der Waals surface area contributed by atoms with Crippen molar-refractivity contribution >= 4 is 17.1 Å². The van der Waals surface area contributed by atoms with Gasteiger partial charge in [-0.05, 0) is 46.1 Å². The molecule has 10 heteroatoms. The molecular weight excluding hydrogens is 458 g/mol. The van der Waals surface area contributed by atoms with Crippen LogP contribution in [0, 0.1) is 13.8 Å². The van der Waals surface area contributed by atoms with E-state index >= 15 is 0 Å². The number of aromatic amines is 1. The minimum Gasteiger partial charge on any atom is -0.331 e. The third-order valence-electron chi connectivity index (χ3n) is 6.13. The summed E-state index contributed by atoms with van der Waals surface area (Å²) in [6, 6.07) is 0. The van der Waals surface area contributed by atoms with Crippen LogP contribution in [0.25, 0.3) is 22.7 Å². The number of carbonyl (C=O) groups is 1. The molecule has 0 unspecified atom stereocenters. The highest BCUT2D eigenvalue weighted by Gasteiger charge is 2.21. The average molecular weight is 496 g/mol. The van der Waals surface area contributed by atoms with Crippen molar-refractivity contribution in [1.82, 2.24) is 34.2 Å². The predicted molar refractivity (Wildman–Crippen MR) is 142 cm³/mol. The lowest BCUT2D eigenvalue weighted by Crippen LogP contribution is -2.40. The normalized spacial score (nSPS) is 12.2. The number of fused-ring (bicyclic) bond motifs is 1. The fraction of sp³-hybridized carbons (Fsp3) is 0.500. The smallest absolute Gasteiger partial charge is 0.331 e. The van der Waals surface area contributed by atoms with Crippen molar-refractivity contribution < 1.29 is 4.79 Å². The van der Waals surface area contributed by atoms with Crippen molar-refractivity contribution in [3.63, 3.8) is 0 Å². The molecule has 1 amide bonds. The molecule has 2 N–H and O–H groups in total. The van der Waals surface area contributed by atoms with Gasteiger partial charge in [0.25, 0.3) is 5.56 Å². The van der Waals surface area contributed by atoms with Crippen LogP contribution < -0.4 is 16.6 Å². The van der Waals surface area contributed by atoms with E-state index in [-0.39, 0.29) is 29.2 Å². The molecule has 0 spiro atoms. The number of aromatic nitrogens is 6. The Bertz CT molecular complexity index is 1420. The molecule has 0 aliphatic rings. The molecule has 0 saturated heterocycles. The minimum atomic E-state index is -0.383. The van der Waals surface area contributed by atoms with E-state index in [1.54, 1.807) is 9.25 Å². The number of hydrogen-bond donors (Lipinski definition) is 2. The van der Waals surface area contributed by atoms with Crippen LogP contribution in [0.3, 0.4) is 0 Å². The van der Waals surface area contributed by atoms with E-state index in [1.165, 1.54) is 4.57 Å². The number of rotatable bonds is 11. The molecule has 0 fully saturated rings. The molecule has 0 radical (unpaired) electrons. The van der Waals surface area contributed by atoms with Crippen molar-refractivity contribution in [2.24, 2.45) is 0 Å². The molecule has 0 aliphatic carbocycles. The first-order chi connectivity index (χ1) is 17.3. The molecule has 3 rings (SSSR count). The van der Waals surface area contributed by atoms with Gasteiger partial charge in [-0.15, -0.1) is 0 Å². The number of carbonyl (C=O) groups excluding carboxylic acids is 1. The SMILES string of the molecule is C/C=C(\C=C/CCC)NC(=O)Cn1nc(-c2nc3c([nH]2)c(=O)n(CCC)c(=O)n3CCC)c(C)c1C. The summed E-state index contributed by atoms with van der Waals surface area (Å²) in [4.78, 5) is 46.5. The molecule has 3 aromatic rings. The van der Waals surface area contributed by atoms with Crippen molar-refractivity contribution in [3.8, 4) is 11.5 Å². The summed E-state index contributed by atoms with van der Waals surface area (Å²) in [6.07, 6.45) is 9.17. The molecule has 0 saturated carbocycles. The van der Waals surface area contributed by atoms with Gasteiger partial charge in [0, 0.05) is 30.0 Å². The predicted octanol–water partition coefficient (Wildman–Crippen LogP) is 3.56. The van der Waals surface area contributed by atoms with Crippen LogP contribution in [-0.4, -0.2) is 34.8 Å². The van der Waals surface area contributed by atoms with Gasteiger partial charge >= 0.3 is 5.69 Å². The van der Waals surface area contributed by atoms with Gasteiger partial charge in [-0.1, -0.05) is 39.3 Å². The number of unbranched alkanes of at least 4 members (excludes halogenated alkanes) is 1. The molecular formula is C26H37N7O3. The van der Waals surface area contributed by atoms with Gasteiger partial charge in [0.1, 0.15) is 17.8 Å². The monoisotopic (exact) mass is 495 g/mol. The number of allylic oxidation sites excluding steroid dienone is 3. The van der Waals surface area contributed by atoms with Gasteiger partial charge in [0.05, 0.1) is 0 Å². The van der Waals surface area contributed by atoms with Crippen LogP contribution in [0.2, 0.25) is 0 Å². The van der Waals surface area contributed by atoms with Gasteiger partial charge in [0.15, 0.2) is 11.5 Å². The minimum absolute atomic E-state index is 0.0374. The summed E-state index contributed by atoms with van der Waals surface area (Å²) >= 11 is 0. The van der Waals surface area contributed by atoms with Crippen molar-refractivity contribution in [2.75, 3.05) is 0 Å². The van der Waals surface area contributed by atoms with E-state index in [0.29, 0.717) is 36.7 Å².